The van der Waals surface area contributed by atoms with Crippen molar-refractivity contribution in [3.05, 3.63) is 78.9 Å². The molecule has 0 saturated heterocycles. The fourth-order valence-corrected chi connectivity index (χ4v) is 3.00. The normalized spacial score (nSPS) is 12.1. The van der Waals surface area contributed by atoms with E-state index in [1.807, 2.05) is 12.1 Å². The third kappa shape index (κ3) is 2.93. The van der Waals surface area contributed by atoms with Gasteiger partial charge in [0.15, 0.2) is 0 Å². The van der Waals surface area contributed by atoms with Crippen LogP contribution in [0.1, 0.15) is 0 Å². The molecule has 3 aromatic carbocycles. The van der Waals surface area contributed by atoms with E-state index in [-0.39, 0.29) is 0 Å². The van der Waals surface area contributed by atoms with Crippen molar-refractivity contribution in [3.63, 3.8) is 0 Å². The number of nitrogens with zero attached hydrogens (tertiary/aromatic N) is 5. The summed E-state index contributed by atoms with van der Waals surface area (Å²) in [6, 6.07) is 11.8. The lowest BCUT2D eigenvalue weighted by Crippen LogP contribution is -2.27. The molecule has 29 heavy (non-hydrogen) atoms. The van der Waals surface area contributed by atoms with Crippen molar-refractivity contribution in [3.8, 4) is 5.75 Å². The van der Waals surface area contributed by atoms with Gasteiger partial charge < -0.3 is 4.84 Å². The maximum Gasteiger partial charge on any atom is 0.328 e. The Bertz CT molecular complexity index is 1200. The van der Waals surface area contributed by atoms with Gasteiger partial charge in [-0.15, -0.1) is 0 Å². The molecule has 12 nitrogen and oxygen atoms in total. The molecule has 0 aromatic heterocycles. The number of hydrogen-bond donors (Lipinski definition) is 0. The minimum absolute atomic E-state index is 0.454. The summed E-state index contributed by atoms with van der Waals surface area (Å²) in [5.74, 6) is -0.742. The third-order valence-electron chi connectivity index (χ3n) is 4.23. The Hall–Kier alpha value is -4.61. The Morgan fingerprint density at radius 2 is 1.48 bits per heavy atom. The van der Waals surface area contributed by atoms with Crippen molar-refractivity contribution in [1.29, 1.82) is 0 Å². The van der Waals surface area contributed by atoms with Gasteiger partial charge in [-0.25, -0.2) is 4.99 Å². The quantitative estimate of drug-likeness (QED) is 0.463. The lowest BCUT2D eigenvalue weighted by atomic mass is 10.1. The monoisotopic (exact) mass is 395 g/mol. The van der Waals surface area contributed by atoms with E-state index in [0.717, 1.165) is 10.4 Å². The molecule has 0 saturated carbocycles. The largest absolute Gasteiger partial charge is 0.359 e. The van der Waals surface area contributed by atoms with Gasteiger partial charge in [0.2, 0.25) is 0 Å². The molecule has 4 rings (SSSR count). The van der Waals surface area contributed by atoms with E-state index in [1.165, 1.54) is 6.34 Å². The molecule has 0 radical (unpaired) electrons. The Morgan fingerprint density at radius 1 is 0.862 bits per heavy atom. The SMILES string of the molecule is O=[N+]([O-])c1cc([N+](=O)[O-])c(ON2C=Nc3cccc4cccc2c34)c([N+](=O)[O-])c1. The summed E-state index contributed by atoms with van der Waals surface area (Å²) < 4.78 is 0. The average molecular weight is 395 g/mol. The van der Waals surface area contributed by atoms with E-state index in [9.17, 15) is 30.3 Å². The van der Waals surface area contributed by atoms with Crippen LogP contribution < -0.4 is 9.90 Å². The fraction of sp³-hybridized carbons (Fsp3) is 0. The van der Waals surface area contributed by atoms with Crippen molar-refractivity contribution >= 4 is 45.5 Å². The van der Waals surface area contributed by atoms with E-state index in [2.05, 4.69) is 4.99 Å². The summed E-state index contributed by atoms with van der Waals surface area (Å²) in [7, 11) is 0. The predicted molar refractivity (Wildman–Crippen MR) is 102 cm³/mol. The van der Waals surface area contributed by atoms with Crippen LogP contribution in [0.15, 0.2) is 53.5 Å². The highest BCUT2D eigenvalue weighted by Gasteiger charge is 2.34. The number of hydroxylamine groups is 1. The van der Waals surface area contributed by atoms with Crippen LogP contribution in [0, 0.1) is 30.3 Å². The van der Waals surface area contributed by atoms with Gasteiger partial charge in [-0.2, -0.15) is 5.06 Å². The topological polar surface area (TPSA) is 154 Å². The molecule has 0 amide bonds. The van der Waals surface area contributed by atoms with Gasteiger partial charge in [0.25, 0.3) is 5.69 Å². The second-order valence-corrected chi connectivity index (χ2v) is 5.90. The molecule has 1 aliphatic heterocycles. The van der Waals surface area contributed by atoms with Crippen LogP contribution in [0.2, 0.25) is 0 Å². The molecule has 144 valence electrons. The highest BCUT2D eigenvalue weighted by molar-refractivity contribution is 6.08. The van der Waals surface area contributed by atoms with Crippen molar-refractivity contribution in [2.75, 3.05) is 5.06 Å². The van der Waals surface area contributed by atoms with Crippen LogP contribution in [0.5, 0.6) is 5.75 Å². The lowest BCUT2D eigenvalue weighted by molar-refractivity contribution is -0.404. The summed E-state index contributed by atoms with van der Waals surface area (Å²) in [6.07, 6.45) is 1.21. The van der Waals surface area contributed by atoms with Crippen molar-refractivity contribution in [2.24, 2.45) is 4.99 Å². The van der Waals surface area contributed by atoms with Crippen LogP contribution in [-0.2, 0) is 0 Å². The minimum atomic E-state index is -0.981. The molecule has 0 spiro atoms. The van der Waals surface area contributed by atoms with Gasteiger partial charge in [0.1, 0.15) is 6.34 Å². The summed E-state index contributed by atoms with van der Waals surface area (Å²) in [5, 5.41) is 36.4. The van der Waals surface area contributed by atoms with Crippen molar-refractivity contribution < 1.29 is 19.6 Å². The maximum absolute atomic E-state index is 11.4. The molecule has 0 N–H and O–H groups in total. The van der Waals surface area contributed by atoms with Gasteiger partial charge in [-0.05, 0) is 17.5 Å². The van der Waals surface area contributed by atoms with E-state index in [1.54, 1.807) is 24.3 Å². The maximum atomic E-state index is 11.4. The molecule has 0 aliphatic carbocycles. The molecule has 3 aromatic rings. The first-order chi connectivity index (χ1) is 13.9. The predicted octanol–water partition coefficient (Wildman–Crippen LogP) is 4.04. The molecule has 12 heteroatoms. The van der Waals surface area contributed by atoms with E-state index >= 15 is 0 Å². The zero-order chi connectivity index (χ0) is 20.7. The number of anilines is 1. The summed E-state index contributed by atoms with van der Waals surface area (Å²) in [5.41, 5.74) is -1.54. The third-order valence-corrected chi connectivity index (χ3v) is 4.23. The van der Waals surface area contributed by atoms with Gasteiger partial charge in [0.05, 0.1) is 38.3 Å². The summed E-state index contributed by atoms with van der Waals surface area (Å²) in [6.45, 7) is 0. The van der Waals surface area contributed by atoms with Crippen LogP contribution in [-0.4, -0.2) is 21.1 Å². The zero-order valence-corrected chi connectivity index (χ0v) is 14.3. The number of benzene rings is 3. The first-order valence-electron chi connectivity index (χ1n) is 8.01. The Labute approximate surface area is 160 Å². The number of rotatable bonds is 5. The molecular weight excluding hydrogens is 386 g/mol. The Balaban J connectivity index is 1.88. The summed E-state index contributed by atoms with van der Waals surface area (Å²) >= 11 is 0. The molecule has 1 heterocycles. The van der Waals surface area contributed by atoms with Crippen molar-refractivity contribution in [1.82, 2.24) is 0 Å². The number of nitro groups is 3. The van der Waals surface area contributed by atoms with E-state index in [4.69, 9.17) is 4.84 Å². The molecule has 0 fully saturated rings. The standard InChI is InChI=1S/C17H9N5O7/c23-20(24)11-7-14(21(25)26)17(15(8-11)22(27)28)29-19-9-18-12-5-1-3-10-4-2-6-13(19)16(10)12/h1-9H. The number of nitro benzene ring substituents is 3. The summed E-state index contributed by atoms with van der Waals surface area (Å²) in [4.78, 5) is 40.7. The van der Waals surface area contributed by atoms with E-state index < -0.39 is 37.6 Å². The Morgan fingerprint density at radius 3 is 2.07 bits per heavy atom. The first-order valence-corrected chi connectivity index (χ1v) is 8.01. The highest BCUT2D eigenvalue weighted by atomic mass is 16.7. The molecular formula is C17H9N5O7. The highest BCUT2D eigenvalue weighted by Crippen LogP contribution is 2.43. The number of non-ortho nitro benzene ring substituents is 1. The Kier molecular flexibility index (Phi) is 4.00. The zero-order valence-electron chi connectivity index (χ0n) is 14.3. The second kappa shape index (κ2) is 6.53. The minimum Gasteiger partial charge on any atom is -0.359 e. The molecule has 0 atom stereocenters. The van der Waals surface area contributed by atoms with Crippen LogP contribution in [0.4, 0.5) is 28.4 Å². The van der Waals surface area contributed by atoms with Gasteiger partial charge in [0, 0.05) is 5.39 Å². The van der Waals surface area contributed by atoms with Crippen LogP contribution >= 0.6 is 0 Å². The first kappa shape index (κ1) is 17.8. The van der Waals surface area contributed by atoms with Gasteiger partial charge in [-0.3, -0.25) is 30.3 Å². The number of hydrogen-bond acceptors (Lipinski definition) is 9. The fourth-order valence-electron chi connectivity index (χ4n) is 3.00. The van der Waals surface area contributed by atoms with Crippen LogP contribution in [0.25, 0.3) is 10.8 Å². The number of aliphatic imine (C=N–C) groups is 1. The lowest BCUT2D eigenvalue weighted by Gasteiger charge is -2.24. The van der Waals surface area contributed by atoms with Gasteiger partial charge >= 0.3 is 17.1 Å². The second-order valence-electron chi connectivity index (χ2n) is 5.90. The van der Waals surface area contributed by atoms with E-state index in [0.29, 0.717) is 28.9 Å². The molecule has 0 unspecified atom stereocenters. The molecule has 0 bridgehead atoms. The smallest absolute Gasteiger partial charge is 0.328 e. The van der Waals surface area contributed by atoms with Crippen molar-refractivity contribution in [2.45, 2.75) is 0 Å². The molecule has 1 aliphatic rings. The average Bonchev–Trinajstić information content (AvgIpc) is 2.69. The van der Waals surface area contributed by atoms with Gasteiger partial charge in [-0.1, -0.05) is 24.3 Å². The van der Waals surface area contributed by atoms with Crippen LogP contribution in [0.3, 0.4) is 0 Å².